The molecule has 0 atom stereocenters. The number of nitrogens with zero attached hydrogens (tertiary/aromatic N) is 2. The van der Waals surface area contributed by atoms with Crippen molar-refractivity contribution in [3.8, 4) is 11.5 Å². The number of urea groups is 1. The van der Waals surface area contributed by atoms with Gasteiger partial charge in [0.15, 0.2) is 6.73 Å². The molecule has 0 saturated heterocycles. The third kappa shape index (κ3) is 6.53. The molecule has 11 nitrogen and oxygen atoms in total. The predicted octanol–water partition coefficient (Wildman–Crippen LogP) is 4.03. The van der Waals surface area contributed by atoms with E-state index >= 15 is 0 Å². The van der Waals surface area contributed by atoms with Crippen LogP contribution in [0.25, 0.3) is 0 Å². The Balaban J connectivity index is 1.58. The number of carbonyl (C=O) groups is 2. The summed E-state index contributed by atoms with van der Waals surface area (Å²) in [5.41, 5.74) is 0.748. The van der Waals surface area contributed by atoms with E-state index in [9.17, 15) is 22.4 Å². The van der Waals surface area contributed by atoms with Gasteiger partial charge < -0.3 is 25.0 Å². The fourth-order valence-electron chi connectivity index (χ4n) is 3.59. The Hall–Kier alpha value is -3.59. The Labute approximate surface area is 233 Å². The second-order valence-electron chi connectivity index (χ2n) is 8.54. The van der Waals surface area contributed by atoms with Crippen LogP contribution in [0.2, 0.25) is 4.34 Å². The Morgan fingerprint density at radius 3 is 2.67 bits per heavy atom. The zero-order valence-electron chi connectivity index (χ0n) is 21.1. The summed E-state index contributed by atoms with van der Waals surface area (Å²) in [5.74, 6) is -0.659. The van der Waals surface area contributed by atoms with E-state index in [0.717, 1.165) is 17.4 Å². The second kappa shape index (κ2) is 11.7. The number of ether oxygens (including phenoxy) is 2. The van der Waals surface area contributed by atoms with E-state index in [1.54, 1.807) is 7.05 Å². The first kappa shape index (κ1) is 28.4. The van der Waals surface area contributed by atoms with Crippen LogP contribution in [0.15, 0.2) is 46.7 Å². The van der Waals surface area contributed by atoms with Gasteiger partial charge in [-0.3, -0.25) is 9.69 Å². The van der Waals surface area contributed by atoms with E-state index in [0.29, 0.717) is 12.2 Å². The molecule has 0 bridgehead atoms. The monoisotopic (exact) mass is 597 g/mol. The second-order valence-corrected chi connectivity index (χ2v) is 12.2. The first-order chi connectivity index (χ1) is 18.5. The number of hydrogen-bond donors (Lipinski definition) is 3. The number of hydrogen-bond acceptors (Lipinski definition) is 9. The average molecular weight is 598 g/mol. The third-order valence-electron chi connectivity index (χ3n) is 5.51. The minimum Gasteiger partial charge on any atom is -0.490 e. The molecule has 3 aromatic rings. The number of fused-ring (bicyclic) bond motifs is 1. The van der Waals surface area contributed by atoms with E-state index in [1.807, 2.05) is 23.7 Å². The van der Waals surface area contributed by atoms with Gasteiger partial charge >= 0.3 is 6.03 Å². The van der Waals surface area contributed by atoms with Crippen molar-refractivity contribution in [1.82, 2.24) is 9.62 Å². The van der Waals surface area contributed by atoms with Gasteiger partial charge in [-0.05, 0) is 44.4 Å². The summed E-state index contributed by atoms with van der Waals surface area (Å²) in [6, 6.07) is 8.64. The summed E-state index contributed by atoms with van der Waals surface area (Å²) < 4.78 is 53.0. The maximum absolute atomic E-state index is 14.4. The molecule has 0 spiro atoms. The molecule has 1 aromatic heterocycles. The molecule has 0 unspecified atom stereocenters. The largest absolute Gasteiger partial charge is 0.490 e. The van der Waals surface area contributed by atoms with Gasteiger partial charge in [0.2, 0.25) is 0 Å². The van der Waals surface area contributed by atoms with Crippen LogP contribution in [0.1, 0.15) is 10.4 Å². The minimum atomic E-state index is -4.13. The van der Waals surface area contributed by atoms with Crippen molar-refractivity contribution < 1.29 is 31.9 Å². The topological polar surface area (TPSA) is 129 Å². The van der Waals surface area contributed by atoms with Crippen LogP contribution in [0, 0.1) is 5.82 Å². The van der Waals surface area contributed by atoms with Crippen molar-refractivity contribution in [2.45, 2.75) is 4.21 Å². The van der Waals surface area contributed by atoms with Gasteiger partial charge in [-0.1, -0.05) is 11.6 Å². The van der Waals surface area contributed by atoms with Gasteiger partial charge in [0, 0.05) is 31.4 Å². The number of nitrogens with one attached hydrogen (secondary N) is 3. The molecular formula is C24H25ClFN5O6S2. The van der Waals surface area contributed by atoms with Crippen molar-refractivity contribution in [3.63, 3.8) is 0 Å². The van der Waals surface area contributed by atoms with Crippen molar-refractivity contribution >= 4 is 62.0 Å². The Kier molecular flexibility index (Phi) is 8.49. The maximum Gasteiger partial charge on any atom is 0.333 e. The molecule has 0 saturated carbocycles. The highest BCUT2D eigenvalue weighted by atomic mass is 35.5. The van der Waals surface area contributed by atoms with Crippen molar-refractivity contribution in [1.29, 1.82) is 0 Å². The van der Waals surface area contributed by atoms with E-state index in [-0.39, 0.29) is 50.3 Å². The van der Waals surface area contributed by atoms with E-state index in [4.69, 9.17) is 21.1 Å². The Morgan fingerprint density at radius 1 is 1.23 bits per heavy atom. The van der Waals surface area contributed by atoms with Crippen LogP contribution in [0.4, 0.5) is 26.2 Å². The number of sulfonamides is 1. The summed E-state index contributed by atoms with van der Waals surface area (Å²) >= 11 is 6.61. The van der Waals surface area contributed by atoms with Crippen LogP contribution < -0.4 is 29.7 Å². The summed E-state index contributed by atoms with van der Waals surface area (Å²) in [7, 11) is 1.15. The van der Waals surface area contributed by atoms with Crippen LogP contribution in [0.3, 0.4) is 0 Å². The van der Waals surface area contributed by atoms with Crippen LogP contribution in [-0.4, -0.2) is 66.3 Å². The zero-order valence-corrected chi connectivity index (χ0v) is 23.5. The molecule has 3 N–H and O–H groups in total. The van der Waals surface area contributed by atoms with E-state index < -0.39 is 27.8 Å². The SMILES string of the molecule is CNc1cc2c(cc1F)C(=O)N(c1ccc(NC(=O)NS(=O)(=O)c3ccc(Cl)s3)cc1OCCN(C)C)CO2. The lowest BCUT2D eigenvalue weighted by molar-refractivity contribution is 0.0935. The fourth-order valence-corrected chi connectivity index (χ4v) is 5.98. The molecule has 15 heteroatoms. The average Bonchev–Trinajstić information content (AvgIpc) is 3.32. The van der Waals surface area contributed by atoms with E-state index in [1.165, 1.54) is 41.3 Å². The summed E-state index contributed by atoms with van der Waals surface area (Å²) in [4.78, 5) is 29.0. The molecule has 2 aromatic carbocycles. The minimum absolute atomic E-state index is 0.0393. The molecule has 39 heavy (non-hydrogen) atoms. The molecule has 1 aliphatic rings. The Bertz CT molecular complexity index is 1510. The van der Waals surface area contributed by atoms with E-state index in [2.05, 4.69) is 10.6 Å². The van der Waals surface area contributed by atoms with Crippen molar-refractivity contribution in [3.05, 3.63) is 58.2 Å². The number of thiophene rings is 1. The van der Waals surface area contributed by atoms with Gasteiger partial charge in [-0.2, -0.15) is 0 Å². The Morgan fingerprint density at radius 2 is 2.00 bits per heavy atom. The van der Waals surface area contributed by atoms with Gasteiger partial charge in [-0.15, -0.1) is 11.3 Å². The summed E-state index contributed by atoms with van der Waals surface area (Å²) in [6.07, 6.45) is 0. The first-order valence-corrected chi connectivity index (χ1v) is 14.1. The summed E-state index contributed by atoms with van der Waals surface area (Å²) in [5, 5.41) is 5.16. The number of rotatable bonds is 9. The molecule has 0 aliphatic carbocycles. The molecule has 3 amide bonds. The summed E-state index contributed by atoms with van der Waals surface area (Å²) in [6.45, 7) is 0.618. The lowest BCUT2D eigenvalue weighted by atomic mass is 10.1. The molecule has 4 rings (SSSR count). The molecule has 1 aliphatic heterocycles. The molecule has 208 valence electrons. The molecular weight excluding hydrogens is 573 g/mol. The maximum atomic E-state index is 14.4. The van der Waals surface area contributed by atoms with Crippen molar-refractivity contribution in [2.24, 2.45) is 0 Å². The smallest absolute Gasteiger partial charge is 0.333 e. The van der Waals surface area contributed by atoms with Crippen LogP contribution in [0.5, 0.6) is 11.5 Å². The lowest BCUT2D eigenvalue weighted by Gasteiger charge is -2.30. The number of benzene rings is 2. The van der Waals surface area contributed by atoms with Gasteiger partial charge in [0.1, 0.15) is 28.1 Å². The van der Waals surface area contributed by atoms with Gasteiger partial charge in [0.25, 0.3) is 15.9 Å². The molecule has 0 radical (unpaired) electrons. The van der Waals surface area contributed by atoms with Gasteiger partial charge in [0.05, 0.1) is 21.3 Å². The highest BCUT2D eigenvalue weighted by Gasteiger charge is 2.30. The van der Waals surface area contributed by atoms with Crippen LogP contribution >= 0.6 is 22.9 Å². The van der Waals surface area contributed by atoms with Gasteiger partial charge in [-0.25, -0.2) is 22.3 Å². The zero-order chi connectivity index (χ0) is 28.3. The fraction of sp³-hybridized carbons (Fsp3) is 0.250. The molecule has 2 heterocycles. The lowest BCUT2D eigenvalue weighted by Crippen LogP contribution is -2.39. The number of anilines is 3. The number of amides is 3. The molecule has 0 fully saturated rings. The number of likely N-dealkylation sites (N-methyl/N-ethyl adjacent to an activating group) is 1. The normalized spacial score (nSPS) is 13.1. The number of halogens is 2. The number of carbonyl (C=O) groups excluding carboxylic acids is 2. The standard InChI is InChI=1S/C24H25ClFN5O6S2/c1-27-17-12-19-15(11-16(17)26)23(32)31(13-37-19)18-5-4-14(10-20(18)36-9-8-30(2)3)28-24(33)29-39(34,35)22-7-6-21(25)38-22/h4-7,10-12,27H,8-9,13H2,1-3H3,(H2,28,29,33). The highest BCUT2D eigenvalue weighted by molar-refractivity contribution is 7.92. The predicted molar refractivity (Wildman–Crippen MR) is 147 cm³/mol. The highest BCUT2D eigenvalue weighted by Crippen LogP contribution is 2.37. The first-order valence-electron chi connectivity index (χ1n) is 11.4. The third-order valence-corrected chi connectivity index (χ3v) is 8.56. The quantitative estimate of drug-likeness (QED) is 0.337. The van der Waals surface area contributed by atoms with Crippen molar-refractivity contribution in [2.75, 3.05) is 56.6 Å². The van der Waals surface area contributed by atoms with Crippen LogP contribution in [-0.2, 0) is 10.0 Å².